The van der Waals surface area contributed by atoms with E-state index in [0.29, 0.717) is 12.8 Å². The van der Waals surface area contributed by atoms with Crippen LogP contribution in [0.2, 0.25) is 0 Å². The molecule has 0 unspecified atom stereocenters. The second kappa shape index (κ2) is 7.87. The van der Waals surface area contributed by atoms with E-state index in [1.807, 2.05) is 42.7 Å². The van der Waals surface area contributed by atoms with Crippen molar-refractivity contribution in [2.24, 2.45) is 11.8 Å². The SMILES string of the molecule is CSc1ccc(COC(=O)CCN2C(=O)[C@@H]3CC=CC[C@H]3C2=O)cc1. The van der Waals surface area contributed by atoms with E-state index in [4.69, 9.17) is 4.74 Å². The third kappa shape index (κ3) is 3.95. The zero-order valence-corrected chi connectivity index (χ0v) is 15.0. The number of rotatable bonds is 6. The number of hydrogen-bond acceptors (Lipinski definition) is 5. The monoisotopic (exact) mass is 359 g/mol. The number of nitrogens with zero attached hydrogens (tertiary/aromatic N) is 1. The third-order valence-electron chi connectivity index (χ3n) is 4.70. The largest absolute Gasteiger partial charge is 0.461 e. The molecule has 0 aromatic heterocycles. The molecular weight excluding hydrogens is 338 g/mol. The predicted molar refractivity (Wildman–Crippen MR) is 94.7 cm³/mol. The molecule has 1 aromatic carbocycles. The van der Waals surface area contributed by atoms with Gasteiger partial charge in [0.25, 0.3) is 0 Å². The Balaban J connectivity index is 1.47. The van der Waals surface area contributed by atoms with Crippen LogP contribution in [0.15, 0.2) is 41.3 Å². The lowest BCUT2D eigenvalue weighted by atomic mass is 9.85. The first-order valence-corrected chi connectivity index (χ1v) is 9.61. The fourth-order valence-corrected chi connectivity index (χ4v) is 3.66. The minimum atomic E-state index is -0.400. The van der Waals surface area contributed by atoms with Gasteiger partial charge < -0.3 is 4.74 Å². The van der Waals surface area contributed by atoms with Crippen LogP contribution in [0, 0.1) is 11.8 Å². The van der Waals surface area contributed by atoms with Crippen LogP contribution in [-0.4, -0.2) is 35.5 Å². The van der Waals surface area contributed by atoms with E-state index in [-0.39, 0.29) is 43.2 Å². The summed E-state index contributed by atoms with van der Waals surface area (Å²) in [5, 5.41) is 0. The number of hydrogen-bond donors (Lipinski definition) is 0. The molecule has 6 heteroatoms. The maximum Gasteiger partial charge on any atom is 0.307 e. The van der Waals surface area contributed by atoms with Crippen molar-refractivity contribution in [2.75, 3.05) is 12.8 Å². The van der Waals surface area contributed by atoms with E-state index in [1.165, 1.54) is 4.90 Å². The van der Waals surface area contributed by atoms with E-state index in [0.717, 1.165) is 10.5 Å². The van der Waals surface area contributed by atoms with Crippen molar-refractivity contribution in [1.82, 2.24) is 4.90 Å². The molecule has 2 atom stereocenters. The number of imide groups is 1. The van der Waals surface area contributed by atoms with Crippen molar-refractivity contribution < 1.29 is 19.1 Å². The molecule has 1 aromatic rings. The quantitative estimate of drug-likeness (QED) is 0.338. The minimum absolute atomic E-state index is 0.0350. The number of thioether (sulfide) groups is 1. The molecule has 1 saturated heterocycles. The molecule has 0 spiro atoms. The Hall–Kier alpha value is -2.08. The van der Waals surface area contributed by atoms with Gasteiger partial charge in [0.05, 0.1) is 18.3 Å². The molecule has 1 fully saturated rings. The summed E-state index contributed by atoms with van der Waals surface area (Å²) < 4.78 is 5.24. The van der Waals surface area contributed by atoms with Crippen LogP contribution in [0.1, 0.15) is 24.8 Å². The summed E-state index contributed by atoms with van der Waals surface area (Å²) in [6.45, 7) is 0.305. The summed E-state index contributed by atoms with van der Waals surface area (Å²) in [6.07, 6.45) is 7.17. The van der Waals surface area contributed by atoms with Gasteiger partial charge in [-0.05, 0) is 36.8 Å². The van der Waals surface area contributed by atoms with Crippen molar-refractivity contribution in [3.63, 3.8) is 0 Å². The van der Waals surface area contributed by atoms with Gasteiger partial charge in [-0.1, -0.05) is 24.3 Å². The van der Waals surface area contributed by atoms with Crippen LogP contribution in [0.4, 0.5) is 0 Å². The van der Waals surface area contributed by atoms with E-state index in [2.05, 4.69) is 0 Å². The molecule has 25 heavy (non-hydrogen) atoms. The molecule has 0 saturated carbocycles. The number of benzene rings is 1. The van der Waals surface area contributed by atoms with Gasteiger partial charge >= 0.3 is 5.97 Å². The maximum absolute atomic E-state index is 12.3. The van der Waals surface area contributed by atoms with Crippen LogP contribution in [-0.2, 0) is 25.7 Å². The number of likely N-dealkylation sites (tertiary alicyclic amines) is 1. The standard InChI is InChI=1S/C19H21NO4S/c1-25-14-8-6-13(7-9-14)12-24-17(21)10-11-20-18(22)15-4-2-3-5-16(15)19(20)23/h2-3,6-9,15-16H,4-5,10-12H2,1H3/t15-,16-/m1/s1. The Morgan fingerprint density at radius 3 is 2.28 bits per heavy atom. The number of esters is 1. The maximum atomic E-state index is 12.3. The molecule has 1 heterocycles. The summed E-state index contributed by atoms with van der Waals surface area (Å²) >= 11 is 1.65. The lowest BCUT2D eigenvalue weighted by Gasteiger charge is -2.14. The zero-order chi connectivity index (χ0) is 17.8. The van der Waals surface area contributed by atoms with Gasteiger partial charge in [-0.3, -0.25) is 19.3 Å². The molecular formula is C19H21NO4S. The van der Waals surface area contributed by atoms with Crippen molar-refractivity contribution in [3.8, 4) is 0 Å². The molecule has 1 aliphatic carbocycles. The minimum Gasteiger partial charge on any atom is -0.461 e. The Morgan fingerprint density at radius 2 is 1.72 bits per heavy atom. The fraction of sp³-hybridized carbons (Fsp3) is 0.421. The number of amides is 2. The summed E-state index contributed by atoms with van der Waals surface area (Å²) in [5.74, 6) is -1.20. The highest BCUT2D eigenvalue weighted by Gasteiger charge is 2.46. The van der Waals surface area contributed by atoms with Crippen molar-refractivity contribution >= 4 is 29.5 Å². The van der Waals surface area contributed by atoms with Gasteiger partial charge in [0.15, 0.2) is 0 Å². The molecule has 132 valence electrons. The number of fused-ring (bicyclic) bond motifs is 1. The van der Waals surface area contributed by atoms with Crippen LogP contribution in [0.5, 0.6) is 0 Å². The lowest BCUT2D eigenvalue weighted by molar-refractivity contribution is -0.146. The molecule has 2 amide bonds. The first kappa shape index (κ1) is 17.7. The predicted octanol–water partition coefficient (Wildman–Crippen LogP) is 2.79. The molecule has 0 radical (unpaired) electrons. The van der Waals surface area contributed by atoms with Gasteiger partial charge in [-0.25, -0.2) is 0 Å². The average molecular weight is 359 g/mol. The van der Waals surface area contributed by atoms with Gasteiger partial charge in [0.1, 0.15) is 6.61 Å². The summed E-state index contributed by atoms with van der Waals surface area (Å²) in [7, 11) is 0. The summed E-state index contributed by atoms with van der Waals surface area (Å²) in [5.41, 5.74) is 0.913. The van der Waals surface area contributed by atoms with Crippen LogP contribution >= 0.6 is 11.8 Å². The van der Waals surface area contributed by atoms with E-state index >= 15 is 0 Å². The highest BCUT2D eigenvalue weighted by molar-refractivity contribution is 7.98. The van der Waals surface area contributed by atoms with Crippen molar-refractivity contribution in [1.29, 1.82) is 0 Å². The van der Waals surface area contributed by atoms with Crippen molar-refractivity contribution in [2.45, 2.75) is 30.8 Å². The molecule has 0 N–H and O–H groups in total. The fourth-order valence-electron chi connectivity index (χ4n) is 3.25. The third-order valence-corrected chi connectivity index (χ3v) is 5.44. The van der Waals surface area contributed by atoms with Gasteiger partial charge in [-0.2, -0.15) is 0 Å². The Kier molecular flexibility index (Phi) is 5.58. The van der Waals surface area contributed by atoms with E-state index in [1.54, 1.807) is 11.8 Å². The number of carbonyl (C=O) groups is 3. The number of allylic oxidation sites excluding steroid dienone is 2. The smallest absolute Gasteiger partial charge is 0.307 e. The molecule has 0 bridgehead atoms. The van der Waals surface area contributed by atoms with E-state index in [9.17, 15) is 14.4 Å². The second-order valence-corrected chi connectivity index (χ2v) is 7.12. The molecule has 3 rings (SSSR count). The van der Waals surface area contributed by atoms with Gasteiger partial charge in [0.2, 0.25) is 11.8 Å². The van der Waals surface area contributed by atoms with Gasteiger partial charge in [0, 0.05) is 11.4 Å². The Morgan fingerprint density at radius 1 is 1.12 bits per heavy atom. The topological polar surface area (TPSA) is 63.7 Å². The lowest BCUT2D eigenvalue weighted by Crippen LogP contribution is -2.33. The zero-order valence-electron chi connectivity index (χ0n) is 14.1. The molecule has 1 aliphatic heterocycles. The first-order valence-electron chi connectivity index (χ1n) is 8.39. The second-order valence-electron chi connectivity index (χ2n) is 6.24. The summed E-state index contributed by atoms with van der Waals surface area (Å²) in [6, 6.07) is 7.80. The number of carbonyl (C=O) groups excluding carboxylic acids is 3. The number of ether oxygens (including phenoxy) is 1. The van der Waals surface area contributed by atoms with E-state index < -0.39 is 5.97 Å². The summed E-state index contributed by atoms with van der Waals surface area (Å²) in [4.78, 5) is 39.0. The Labute approximate surface area is 151 Å². The van der Waals surface area contributed by atoms with Gasteiger partial charge in [-0.15, -0.1) is 11.8 Å². The van der Waals surface area contributed by atoms with Crippen LogP contribution < -0.4 is 0 Å². The van der Waals surface area contributed by atoms with Crippen LogP contribution in [0.25, 0.3) is 0 Å². The Bertz CT molecular complexity index is 672. The van der Waals surface area contributed by atoms with Crippen molar-refractivity contribution in [3.05, 3.63) is 42.0 Å². The highest BCUT2D eigenvalue weighted by atomic mass is 32.2. The normalized spacial score (nSPS) is 22.2. The first-order chi connectivity index (χ1) is 12.1. The van der Waals surface area contributed by atoms with Crippen LogP contribution in [0.3, 0.4) is 0 Å². The molecule has 5 nitrogen and oxygen atoms in total. The highest BCUT2D eigenvalue weighted by Crippen LogP contribution is 2.35. The molecule has 2 aliphatic rings. The average Bonchev–Trinajstić information content (AvgIpc) is 2.89.